The van der Waals surface area contributed by atoms with E-state index >= 15 is 0 Å². The van der Waals surface area contributed by atoms with Gasteiger partial charge in [-0.05, 0) is 19.4 Å². The van der Waals surface area contributed by atoms with Gasteiger partial charge in [-0.3, -0.25) is 4.79 Å². The molecule has 0 aliphatic carbocycles. The van der Waals surface area contributed by atoms with E-state index in [9.17, 15) is 4.79 Å². The maximum atomic E-state index is 12.1. The van der Waals surface area contributed by atoms with Crippen LogP contribution in [0, 0.1) is 0 Å². The van der Waals surface area contributed by atoms with E-state index in [2.05, 4.69) is 20.6 Å². The van der Waals surface area contributed by atoms with Gasteiger partial charge >= 0.3 is 0 Å². The topological polar surface area (TPSA) is 66.9 Å². The molecule has 1 atom stereocenters. The first kappa shape index (κ1) is 16.4. The van der Waals surface area contributed by atoms with Gasteiger partial charge in [-0.2, -0.15) is 0 Å². The zero-order valence-electron chi connectivity index (χ0n) is 12.2. The first-order chi connectivity index (χ1) is 10.3. The molecule has 0 saturated carbocycles. The second-order valence-corrected chi connectivity index (χ2v) is 5.15. The van der Waals surface area contributed by atoms with Crippen LogP contribution in [0.15, 0.2) is 42.7 Å². The van der Waals surface area contributed by atoms with Gasteiger partial charge in [-0.15, -0.1) is 12.4 Å². The number of carbonyl (C=O) groups excluding carboxylic acids is 1. The van der Waals surface area contributed by atoms with Crippen LogP contribution >= 0.6 is 12.4 Å². The van der Waals surface area contributed by atoms with Crippen molar-refractivity contribution in [1.29, 1.82) is 0 Å². The number of halogens is 1. The molecule has 1 aromatic carbocycles. The summed E-state index contributed by atoms with van der Waals surface area (Å²) in [5.41, 5.74) is 1.59. The van der Waals surface area contributed by atoms with Gasteiger partial charge in [0.1, 0.15) is 0 Å². The van der Waals surface area contributed by atoms with Gasteiger partial charge in [0.25, 0.3) is 0 Å². The Labute approximate surface area is 136 Å². The van der Waals surface area contributed by atoms with Crippen molar-refractivity contribution >= 4 is 24.0 Å². The molecule has 22 heavy (non-hydrogen) atoms. The fourth-order valence-electron chi connectivity index (χ4n) is 2.43. The highest BCUT2D eigenvalue weighted by Crippen LogP contribution is 2.15. The molecule has 5 nitrogen and oxygen atoms in total. The Bertz CT molecular complexity index is 597. The second kappa shape index (κ2) is 7.87. The summed E-state index contributed by atoms with van der Waals surface area (Å²) in [7, 11) is 0. The van der Waals surface area contributed by atoms with Crippen LogP contribution in [0.3, 0.4) is 0 Å². The summed E-state index contributed by atoms with van der Waals surface area (Å²) >= 11 is 0. The largest absolute Gasteiger partial charge is 0.322 e. The molecular formula is C16H19ClN4O. The number of nitrogens with zero attached hydrogens (tertiary/aromatic N) is 2. The summed E-state index contributed by atoms with van der Waals surface area (Å²) < 4.78 is 0. The predicted molar refractivity (Wildman–Crippen MR) is 89.0 cm³/mol. The van der Waals surface area contributed by atoms with E-state index in [0.29, 0.717) is 11.5 Å². The summed E-state index contributed by atoms with van der Waals surface area (Å²) in [6.45, 7) is 0.904. The van der Waals surface area contributed by atoms with Gasteiger partial charge in [0.05, 0.1) is 24.1 Å². The van der Waals surface area contributed by atoms with E-state index in [-0.39, 0.29) is 24.4 Å². The molecule has 1 aromatic heterocycles. The minimum atomic E-state index is -0.104. The van der Waals surface area contributed by atoms with E-state index in [0.717, 1.165) is 31.4 Å². The molecule has 1 saturated heterocycles. The molecule has 1 aliphatic heterocycles. The SMILES string of the molecule is Cl.O=C(Nc1cnc(-c2ccccc2)nc1)[C@H]1CCCCN1. The number of piperidine rings is 1. The third-order valence-electron chi connectivity index (χ3n) is 3.58. The minimum absolute atomic E-state index is 0. The zero-order chi connectivity index (χ0) is 14.5. The smallest absolute Gasteiger partial charge is 0.241 e. The fourth-order valence-corrected chi connectivity index (χ4v) is 2.43. The quantitative estimate of drug-likeness (QED) is 0.913. The Hall–Kier alpha value is -1.98. The van der Waals surface area contributed by atoms with Crippen LogP contribution < -0.4 is 10.6 Å². The average molecular weight is 319 g/mol. The summed E-state index contributed by atoms with van der Waals surface area (Å²) in [5, 5.41) is 6.09. The number of hydrogen-bond donors (Lipinski definition) is 2. The third kappa shape index (κ3) is 4.02. The van der Waals surface area contributed by atoms with E-state index < -0.39 is 0 Å². The Balaban J connectivity index is 0.00000176. The van der Waals surface area contributed by atoms with Crippen molar-refractivity contribution in [3.63, 3.8) is 0 Å². The van der Waals surface area contributed by atoms with Crippen LogP contribution in [0.5, 0.6) is 0 Å². The molecule has 2 aromatic rings. The Morgan fingerprint density at radius 1 is 1.14 bits per heavy atom. The lowest BCUT2D eigenvalue weighted by Gasteiger charge is -2.22. The lowest BCUT2D eigenvalue weighted by atomic mass is 10.0. The zero-order valence-corrected chi connectivity index (χ0v) is 13.0. The molecule has 0 radical (unpaired) electrons. The second-order valence-electron chi connectivity index (χ2n) is 5.15. The Morgan fingerprint density at radius 2 is 1.86 bits per heavy atom. The molecule has 0 bridgehead atoms. The number of rotatable bonds is 3. The van der Waals surface area contributed by atoms with Gasteiger partial charge in [-0.25, -0.2) is 9.97 Å². The van der Waals surface area contributed by atoms with Crippen molar-refractivity contribution in [2.45, 2.75) is 25.3 Å². The highest BCUT2D eigenvalue weighted by atomic mass is 35.5. The number of hydrogen-bond acceptors (Lipinski definition) is 4. The Kier molecular flexibility index (Phi) is 5.86. The number of benzene rings is 1. The number of amides is 1. The van der Waals surface area contributed by atoms with Crippen molar-refractivity contribution < 1.29 is 4.79 Å². The summed E-state index contributed by atoms with van der Waals surface area (Å²) in [6, 6.07) is 9.66. The third-order valence-corrected chi connectivity index (χ3v) is 3.58. The summed E-state index contributed by atoms with van der Waals surface area (Å²) in [5.74, 6) is 0.648. The maximum absolute atomic E-state index is 12.1. The predicted octanol–water partition coefficient (Wildman–Crippen LogP) is 2.65. The lowest BCUT2D eigenvalue weighted by molar-refractivity contribution is -0.118. The number of nitrogens with one attached hydrogen (secondary N) is 2. The fraction of sp³-hybridized carbons (Fsp3) is 0.312. The molecule has 0 spiro atoms. The van der Waals surface area contributed by atoms with Crippen molar-refractivity contribution in [2.24, 2.45) is 0 Å². The van der Waals surface area contributed by atoms with Gasteiger partial charge in [-0.1, -0.05) is 36.8 Å². The molecule has 1 aliphatic rings. The molecule has 1 amide bonds. The highest BCUT2D eigenvalue weighted by Gasteiger charge is 2.20. The van der Waals surface area contributed by atoms with Crippen molar-refractivity contribution in [1.82, 2.24) is 15.3 Å². The number of aromatic nitrogens is 2. The number of carbonyl (C=O) groups is 1. The molecule has 0 unspecified atom stereocenters. The van der Waals surface area contributed by atoms with Gasteiger partial charge in [0, 0.05) is 5.56 Å². The van der Waals surface area contributed by atoms with Crippen molar-refractivity contribution in [3.8, 4) is 11.4 Å². The summed E-state index contributed by atoms with van der Waals surface area (Å²) in [4.78, 5) is 20.7. The minimum Gasteiger partial charge on any atom is -0.322 e. The lowest BCUT2D eigenvalue weighted by Crippen LogP contribution is -2.43. The number of anilines is 1. The molecule has 6 heteroatoms. The van der Waals surface area contributed by atoms with E-state index in [1.54, 1.807) is 12.4 Å². The van der Waals surface area contributed by atoms with E-state index in [1.165, 1.54) is 0 Å². The Morgan fingerprint density at radius 3 is 2.50 bits per heavy atom. The molecule has 2 N–H and O–H groups in total. The first-order valence-electron chi connectivity index (χ1n) is 7.24. The molecular weight excluding hydrogens is 300 g/mol. The van der Waals surface area contributed by atoms with Crippen LogP contribution in [0.25, 0.3) is 11.4 Å². The molecule has 2 heterocycles. The van der Waals surface area contributed by atoms with Crippen LogP contribution in [0.2, 0.25) is 0 Å². The summed E-state index contributed by atoms with van der Waals surface area (Å²) in [6.07, 6.45) is 6.41. The average Bonchev–Trinajstić information content (AvgIpc) is 2.57. The molecule has 116 valence electrons. The van der Waals surface area contributed by atoms with Gasteiger partial charge in [0.2, 0.25) is 5.91 Å². The standard InChI is InChI=1S/C16H18N4O.ClH/c21-16(14-8-4-5-9-17-14)20-13-10-18-15(19-11-13)12-6-2-1-3-7-12;/h1-3,6-7,10-11,14,17H,4-5,8-9H2,(H,20,21);1H/t14-;/m1./s1. The van der Waals surface area contributed by atoms with Crippen molar-refractivity contribution in [2.75, 3.05) is 11.9 Å². The van der Waals surface area contributed by atoms with E-state index in [4.69, 9.17) is 0 Å². The van der Waals surface area contributed by atoms with Crippen LogP contribution in [0.4, 0.5) is 5.69 Å². The van der Waals surface area contributed by atoms with E-state index in [1.807, 2.05) is 30.3 Å². The van der Waals surface area contributed by atoms with Crippen LogP contribution in [0.1, 0.15) is 19.3 Å². The normalized spacial score (nSPS) is 17.4. The van der Waals surface area contributed by atoms with Crippen LogP contribution in [-0.2, 0) is 4.79 Å². The maximum Gasteiger partial charge on any atom is 0.241 e. The van der Waals surface area contributed by atoms with Crippen LogP contribution in [-0.4, -0.2) is 28.5 Å². The van der Waals surface area contributed by atoms with Gasteiger partial charge in [0.15, 0.2) is 5.82 Å². The monoisotopic (exact) mass is 318 g/mol. The van der Waals surface area contributed by atoms with Gasteiger partial charge < -0.3 is 10.6 Å². The highest BCUT2D eigenvalue weighted by molar-refractivity contribution is 5.94. The molecule has 3 rings (SSSR count). The first-order valence-corrected chi connectivity index (χ1v) is 7.24. The molecule has 1 fully saturated rings. The van der Waals surface area contributed by atoms with Crippen molar-refractivity contribution in [3.05, 3.63) is 42.7 Å².